The summed E-state index contributed by atoms with van der Waals surface area (Å²) in [5.74, 6) is -0.0777. The molecule has 0 amide bonds. The fourth-order valence-corrected chi connectivity index (χ4v) is 4.13. The zero-order valence-corrected chi connectivity index (χ0v) is 19.5. The van der Waals surface area contributed by atoms with Gasteiger partial charge in [-0.15, -0.1) is 10.2 Å². The molecular formula is C24H25ClFN7O. The van der Waals surface area contributed by atoms with Gasteiger partial charge in [0.15, 0.2) is 0 Å². The Morgan fingerprint density at radius 1 is 1.09 bits per heavy atom. The average Bonchev–Trinajstić information content (AvgIpc) is 3.33. The van der Waals surface area contributed by atoms with Gasteiger partial charge in [-0.25, -0.2) is 9.37 Å². The monoisotopic (exact) mass is 481 g/mol. The van der Waals surface area contributed by atoms with Crippen LogP contribution >= 0.6 is 11.6 Å². The van der Waals surface area contributed by atoms with Crippen LogP contribution in [0.1, 0.15) is 0 Å². The molecule has 0 aliphatic carbocycles. The van der Waals surface area contributed by atoms with Gasteiger partial charge in [0.25, 0.3) is 5.88 Å². The number of nitrogens with zero attached hydrogens (tertiary/aromatic N) is 5. The number of benzene rings is 1. The number of ether oxygens (including phenoxy) is 1. The first-order valence-electron chi connectivity index (χ1n) is 11.1. The molecule has 1 fully saturated rings. The molecule has 4 aromatic rings. The minimum absolute atomic E-state index is 0.272. The van der Waals surface area contributed by atoms with E-state index >= 15 is 0 Å². The normalized spacial score (nSPS) is 15.0. The number of nitrogens with one attached hydrogen (secondary N) is 2. The van der Waals surface area contributed by atoms with Crippen molar-refractivity contribution in [2.24, 2.45) is 0 Å². The van der Waals surface area contributed by atoms with Crippen LogP contribution in [0.5, 0.6) is 5.88 Å². The lowest BCUT2D eigenvalue weighted by atomic mass is 10.1. The Morgan fingerprint density at radius 3 is 2.79 bits per heavy atom. The van der Waals surface area contributed by atoms with E-state index in [2.05, 4.69) is 42.3 Å². The van der Waals surface area contributed by atoms with Gasteiger partial charge in [-0.3, -0.25) is 4.90 Å². The number of piperazine rings is 1. The van der Waals surface area contributed by atoms with Gasteiger partial charge in [0, 0.05) is 61.1 Å². The molecule has 1 saturated heterocycles. The van der Waals surface area contributed by atoms with Crippen LogP contribution in [0.2, 0.25) is 5.02 Å². The van der Waals surface area contributed by atoms with Gasteiger partial charge in [0.2, 0.25) is 0 Å². The Bertz CT molecular complexity index is 1290. The molecule has 1 aliphatic rings. The standard InChI is InChI=1S/C24H25ClFN7O/c1-32-8-10-33(11-9-32)12-13-34-24-22(29-20-5-7-28-23-17(20)4-6-27-23)15-21(30-31-24)18-14-16(25)2-3-19(18)26/h2-7,14-15H,8-13H2,1H3,(H2,27,28,29,30). The molecule has 0 saturated carbocycles. The summed E-state index contributed by atoms with van der Waals surface area (Å²) in [5.41, 5.74) is 2.78. The van der Waals surface area contributed by atoms with Crippen LogP contribution in [0.4, 0.5) is 15.8 Å². The summed E-state index contributed by atoms with van der Waals surface area (Å²) < 4.78 is 20.6. The molecule has 8 nitrogen and oxygen atoms in total. The first-order chi connectivity index (χ1) is 16.6. The van der Waals surface area contributed by atoms with Crippen molar-refractivity contribution < 1.29 is 9.13 Å². The molecule has 3 aromatic heterocycles. The van der Waals surface area contributed by atoms with E-state index in [0.717, 1.165) is 49.4 Å². The highest BCUT2D eigenvalue weighted by Gasteiger charge is 2.17. The fourth-order valence-electron chi connectivity index (χ4n) is 3.96. The number of anilines is 2. The van der Waals surface area contributed by atoms with Crippen molar-refractivity contribution in [3.8, 4) is 17.1 Å². The predicted octanol–water partition coefficient (Wildman–Crippen LogP) is 4.18. The largest absolute Gasteiger partial charge is 0.474 e. The van der Waals surface area contributed by atoms with E-state index in [1.807, 2.05) is 18.3 Å². The quantitative estimate of drug-likeness (QED) is 0.409. The molecule has 0 spiro atoms. The van der Waals surface area contributed by atoms with E-state index in [1.54, 1.807) is 12.3 Å². The highest BCUT2D eigenvalue weighted by molar-refractivity contribution is 6.30. The number of likely N-dealkylation sites (N-methyl/N-ethyl adjacent to an activating group) is 1. The molecule has 34 heavy (non-hydrogen) atoms. The Labute approximate surface area is 201 Å². The highest BCUT2D eigenvalue weighted by atomic mass is 35.5. The number of halogens is 2. The van der Waals surface area contributed by atoms with Crippen LogP contribution < -0.4 is 10.1 Å². The lowest BCUT2D eigenvalue weighted by Crippen LogP contribution is -2.45. The minimum Gasteiger partial charge on any atom is -0.474 e. The summed E-state index contributed by atoms with van der Waals surface area (Å²) in [5, 5.41) is 13.2. The van der Waals surface area contributed by atoms with E-state index in [9.17, 15) is 4.39 Å². The number of H-pyrrole nitrogens is 1. The molecule has 1 aliphatic heterocycles. The Kier molecular flexibility index (Phi) is 6.57. The summed E-state index contributed by atoms with van der Waals surface area (Å²) in [4.78, 5) is 12.1. The van der Waals surface area contributed by atoms with Gasteiger partial charge >= 0.3 is 0 Å². The summed E-state index contributed by atoms with van der Waals surface area (Å²) in [6.45, 7) is 5.35. The average molecular weight is 482 g/mol. The zero-order chi connectivity index (χ0) is 23.5. The van der Waals surface area contributed by atoms with Crippen LogP contribution in [-0.4, -0.2) is 76.3 Å². The maximum Gasteiger partial charge on any atom is 0.257 e. The molecule has 1 aromatic carbocycles. The van der Waals surface area contributed by atoms with Crippen molar-refractivity contribution in [3.63, 3.8) is 0 Å². The second kappa shape index (κ2) is 9.92. The third kappa shape index (κ3) is 4.96. The zero-order valence-electron chi connectivity index (χ0n) is 18.8. The van der Waals surface area contributed by atoms with Crippen molar-refractivity contribution in [1.29, 1.82) is 0 Å². The summed E-state index contributed by atoms with van der Waals surface area (Å²) >= 11 is 6.10. The second-order valence-electron chi connectivity index (χ2n) is 8.29. The molecule has 4 heterocycles. The number of hydrogen-bond acceptors (Lipinski definition) is 7. The fraction of sp³-hybridized carbons (Fsp3) is 0.292. The number of aromatic nitrogens is 4. The second-order valence-corrected chi connectivity index (χ2v) is 8.73. The van der Waals surface area contributed by atoms with Crippen LogP contribution in [0.3, 0.4) is 0 Å². The summed E-state index contributed by atoms with van der Waals surface area (Å²) in [7, 11) is 2.13. The van der Waals surface area contributed by atoms with E-state index in [0.29, 0.717) is 28.9 Å². The van der Waals surface area contributed by atoms with Crippen LogP contribution in [0.25, 0.3) is 22.3 Å². The highest BCUT2D eigenvalue weighted by Crippen LogP contribution is 2.33. The molecule has 10 heteroatoms. The third-order valence-electron chi connectivity index (χ3n) is 5.94. The molecule has 176 valence electrons. The number of rotatable bonds is 7. The van der Waals surface area contributed by atoms with Crippen molar-refractivity contribution in [2.75, 3.05) is 51.7 Å². The van der Waals surface area contributed by atoms with Crippen molar-refractivity contribution in [2.45, 2.75) is 0 Å². The van der Waals surface area contributed by atoms with Gasteiger partial charge in [0.1, 0.15) is 23.8 Å². The van der Waals surface area contributed by atoms with Crippen LogP contribution in [0.15, 0.2) is 48.8 Å². The number of fused-ring (bicyclic) bond motifs is 1. The first kappa shape index (κ1) is 22.5. The molecule has 0 radical (unpaired) electrons. The van der Waals surface area contributed by atoms with Crippen molar-refractivity contribution >= 4 is 34.0 Å². The van der Waals surface area contributed by atoms with Gasteiger partial charge in [0.05, 0.1) is 11.4 Å². The number of aromatic amines is 1. The smallest absolute Gasteiger partial charge is 0.257 e. The van der Waals surface area contributed by atoms with E-state index in [4.69, 9.17) is 16.3 Å². The SMILES string of the molecule is CN1CCN(CCOc2nnc(-c3cc(Cl)ccc3F)cc2Nc2ccnc3[nH]ccc23)CC1. The molecule has 0 bridgehead atoms. The van der Waals surface area contributed by atoms with Gasteiger partial charge < -0.3 is 19.9 Å². The van der Waals surface area contributed by atoms with E-state index < -0.39 is 5.82 Å². The Hall–Kier alpha value is -3.27. The lowest BCUT2D eigenvalue weighted by Gasteiger charge is -2.32. The van der Waals surface area contributed by atoms with E-state index in [1.165, 1.54) is 18.2 Å². The number of pyridine rings is 1. The topological polar surface area (TPSA) is 82.2 Å². The molecular weight excluding hydrogens is 457 g/mol. The van der Waals surface area contributed by atoms with Crippen LogP contribution in [-0.2, 0) is 0 Å². The van der Waals surface area contributed by atoms with Crippen molar-refractivity contribution in [1.82, 2.24) is 30.0 Å². The summed E-state index contributed by atoms with van der Waals surface area (Å²) in [6, 6.07) is 9.89. The third-order valence-corrected chi connectivity index (χ3v) is 6.17. The van der Waals surface area contributed by atoms with Gasteiger partial charge in [-0.2, -0.15) is 0 Å². The number of hydrogen-bond donors (Lipinski definition) is 2. The Morgan fingerprint density at radius 2 is 1.94 bits per heavy atom. The molecule has 2 N–H and O–H groups in total. The van der Waals surface area contributed by atoms with E-state index in [-0.39, 0.29) is 5.56 Å². The maximum atomic E-state index is 14.5. The predicted molar refractivity (Wildman–Crippen MR) is 131 cm³/mol. The van der Waals surface area contributed by atoms with Crippen LogP contribution in [0, 0.1) is 5.82 Å². The minimum atomic E-state index is -0.426. The summed E-state index contributed by atoms with van der Waals surface area (Å²) in [6.07, 6.45) is 3.54. The molecule has 5 rings (SSSR count). The first-order valence-corrected chi connectivity index (χ1v) is 11.5. The van der Waals surface area contributed by atoms with Crippen molar-refractivity contribution in [3.05, 3.63) is 59.6 Å². The molecule has 0 unspecified atom stereocenters. The lowest BCUT2D eigenvalue weighted by molar-refractivity contribution is 0.132. The Balaban J connectivity index is 1.42. The molecule has 0 atom stereocenters. The maximum absolute atomic E-state index is 14.5. The van der Waals surface area contributed by atoms with Gasteiger partial charge in [-0.05, 0) is 43.4 Å². The van der Waals surface area contributed by atoms with Gasteiger partial charge in [-0.1, -0.05) is 11.6 Å².